The zero-order valence-corrected chi connectivity index (χ0v) is 19.0. The molecule has 2 N–H and O–H groups in total. The summed E-state index contributed by atoms with van der Waals surface area (Å²) in [7, 11) is 0. The van der Waals surface area contributed by atoms with E-state index in [1.54, 1.807) is 0 Å². The lowest BCUT2D eigenvalue weighted by Crippen LogP contribution is -2.33. The van der Waals surface area contributed by atoms with Crippen LogP contribution in [0.2, 0.25) is 0 Å². The van der Waals surface area contributed by atoms with Gasteiger partial charge in [0.25, 0.3) is 0 Å². The fraction of sp³-hybridized carbons (Fsp3) is 0.692. The number of unbranched alkanes of at least 4 members (excludes halogenated alkanes) is 11. The van der Waals surface area contributed by atoms with E-state index in [9.17, 15) is 9.59 Å². The first-order valence-corrected chi connectivity index (χ1v) is 12.2. The predicted molar refractivity (Wildman–Crippen MR) is 125 cm³/mol. The van der Waals surface area contributed by atoms with Crippen LogP contribution in [0.15, 0.2) is 30.3 Å². The Morgan fingerprint density at radius 3 is 1.90 bits per heavy atom. The number of carboxylic acids is 1. The lowest BCUT2D eigenvalue weighted by atomic mass is 9.96. The maximum absolute atomic E-state index is 12.4. The Bertz CT molecular complexity index is 559. The summed E-state index contributed by atoms with van der Waals surface area (Å²) in [6, 6.07) is 10.0. The topological polar surface area (TPSA) is 66.4 Å². The molecule has 0 aliphatic carbocycles. The number of carbonyl (C=O) groups excluding carboxylic acids is 1. The van der Waals surface area contributed by atoms with Crippen LogP contribution >= 0.6 is 0 Å². The molecule has 1 aromatic rings. The highest BCUT2D eigenvalue weighted by Crippen LogP contribution is 2.17. The molecule has 0 fully saturated rings. The summed E-state index contributed by atoms with van der Waals surface area (Å²) in [5, 5.41) is 12.1. The minimum atomic E-state index is -0.892. The zero-order chi connectivity index (χ0) is 21.9. The van der Waals surface area contributed by atoms with Crippen LogP contribution in [-0.4, -0.2) is 23.5 Å². The number of aliphatic carboxylic acids is 1. The van der Waals surface area contributed by atoms with E-state index in [2.05, 4.69) is 12.2 Å². The quantitative estimate of drug-likeness (QED) is 0.252. The largest absolute Gasteiger partial charge is 0.481 e. The van der Waals surface area contributed by atoms with Crippen molar-refractivity contribution in [3.63, 3.8) is 0 Å². The van der Waals surface area contributed by atoms with Gasteiger partial charge in [-0.05, 0) is 18.4 Å². The molecule has 0 aromatic heterocycles. The van der Waals surface area contributed by atoms with Crippen LogP contribution in [0.3, 0.4) is 0 Å². The van der Waals surface area contributed by atoms with Gasteiger partial charge in [-0.1, -0.05) is 114 Å². The van der Waals surface area contributed by atoms with Crippen LogP contribution < -0.4 is 5.32 Å². The van der Waals surface area contributed by atoms with Gasteiger partial charge < -0.3 is 10.4 Å². The minimum Gasteiger partial charge on any atom is -0.481 e. The van der Waals surface area contributed by atoms with Crippen LogP contribution in [0, 0.1) is 5.92 Å². The van der Waals surface area contributed by atoms with Gasteiger partial charge in [0, 0.05) is 12.5 Å². The normalized spacial score (nSPS) is 11.9. The van der Waals surface area contributed by atoms with Gasteiger partial charge >= 0.3 is 5.97 Å². The first-order valence-electron chi connectivity index (χ1n) is 12.2. The first-order chi connectivity index (χ1) is 14.6. The minimum absolute atomic E-state index is 0.0742. The number of hydrogen-bond acceptors (Lipinski definition) is 2. The van der Waals surface area contributed by atoms with Gasteiger partial charge in [-0.25, -0.2) is 0 Å². The van der Waals surface area contributed by atoms with Crippen molar-refractivity contribution in [1.82, 2.24) is 5.32 Å². The van der Waals surface area contributed by atoms with Gasteiger partial charge in [-0.15, -0.1) is 0 Å². The van der Waals surface area contributed by atoms with Crippen molar-refractivity contribution in [2.24, 2.45) is 5.92 Å². The van der Waals surface area contributed by atoms with Gasteiger partial charge in [0.1, 0.15) is 0 Å². The third-order valence-electron chi connectivity index (χ3n) is 5.75. The van der Waals surface area contributed by atoms with E-state index in [4.69, 9.17) is 5.11 Å². The molecule has 0 aliphatic rings. The molecule has 0 saturated heterocycles. The molecule has 1 rings (SSSR count). The van der Waals surface area contributed by atoms with E-state index in [1.807, 2.05) is 30.3 Å². The van der Waals surface area contributed by atoms with Gasteiger partial charge in [0.2, 0.25) is 5.91 Å². The van der Waals surface area contributed by atoms with Gasteiger partial charge in [0.15, 0.2) is 0 Å². The Balaban J connectivity index is 2.10. The van der Waals surface area contributed by atoms with Gasteiger partial charge in [-0.3, -0.25) is 9.59 Å². The predicted octanol–water partition coefficient (Wildman–Crippen LogP) is 6.53. The second-order valence-corrected chi connectivity index (χ2v) is 8.50. The molecule has 0 spiro atoms. The molecule has 1 aromatic carbocycles. The molecule has 1 atom stereocenters. The number of nitrogens with one attached hydrogen (secondary N) is 1. The van der Waals surface area contributed by atoms with Crippen LogP contribution in [-0.2, 0) is 16.0 Å². The van der Waals surface area contributed by atoms with Gasteiger partial charge in [-0.2, -0.15) is 0 Å². The first kappa shape index (κ1) is 26.2. The Morgan fingerprint density at radius 1 is 0.833 bits per heavy atom. The Morgan fingerprint density at radius 2 is 1.37 bits per heavy atom. The molecule has 0 saturated carbocycles. The molecule has 4 nitrogen and oxygen atoms in total. The maximum atomic E-state index is 12.4. The fourth-order valence-electron chi connectivity index (χ4n) is 3.89. The summed E-state index contributed by atoms with van der Waals surface area (Å²) in [6.45, 7) is 2.81. The second-order valence-electron chi connectivity index (χ2n) is 8.50. The molecule has 1 amide bonds. The SMILES string of the molecule is CCCCCCCCCCCCCCC(CC(=O)O)C(=O)NCCc1ccccc1. The molecular weight excluding hydrogens is 374 g/mol. The summed E-state index contributed by atoms with van der Waals surface area (Å²) in [4.78, 5) is 23.6. The van der Waals surface area contributed by atoms with E-state index in [0.29, 0.717) is 13.0 Å². The van der Waals surface area contributed by atoms with Crippen molar-refractivity contribution >= 4 is 11.9 Å². The lowest BCUT2D eigenvalue weighted by molar-refractivity contribution is -0.141. The molecule has 30 heavy (non-hydrogen) atoms. The Hall–Kier alpha value is -1.84. The maximum Gasteiger partial charge on any atom is 0.304 e. The Labute approximate surface area is 183 Å². The molecule has 1 unspecified atom stereocenters. The van der Waals surface area contributed by atoms with Crippen molar-refractivity contribution < 1.29 is 14.7 Å². The van der Waals surface area contributed by atoms with Gasteiger partial charge in [0.05, 0.1) is 6.42 Å². The van der Waals surface area contributed by atoms with Crippen molar-refractivity contribution in [1.29, 1.82) is 0 Å². The van der Waals surface area contributed by atoms with E-state index < -0.39 is 11.9 Å². The highest BCUT2D eigenvalue weighted by molar-refractivity contribution is 5.83. The molecular formula is C26H43NO3. The van der Waals surface area contributed by atoms with Crippen molar-refractivity contribution in [3.8, 4) is 0 Å². The molecule has 0 aliphatic heterocycles. The zero-order valence-electron chi connectivity index (χ0n) is 19.0. The van der Waals surface area contributed by atoms with Crippen molar-refractivity contribution in [3.05, 3.63) is 35.9 Å². The average molecular weight is 418 g/mol. The highest BCUT2D eigenvalue weighted by Gasteiger charge is 2.20. The number of carbonyl (C=O) groups is 2. The summed E-state index contributed by atoms with van der Waals surface area (Å²) < 4.78 is 0. The third kappa shape index (κ3) is 14.2. The number of rotatable bonds is 19. The van der Waals surface area contributed by atoms with E-state index in [-0.39, 0.29) is 12.3 Å². The van der Waals surface area contributed by atoms with E-state index in [0.717, 1.165) is 19.3 Å². The monoisotopic (exact) mass is 417 g/mol. The molecule has 170 valence electrons. The van der Waals surface area contributed by atoms with Crippen molar-refractivity contribution in [2.45, 2.75) is 103 Å². The fourth-order valence-corrected chi connectivity index (χ4v) is 3.89. The highest BCUT2D eigenvalue weighted by atomic mass is 16.4. The van der Waals surface area contributed by atoms with Crippen LogP contribution in [0.1, 0.15) is 102 Å². The number of benzene rings is 1. The van der Waals surface area contributed by atoms with E-state index in [1.165, 1.54) is 69.8 Å². The summed E-state index contributed by atoms with van der Waals surface area (Å²) in [6.07, 6.45) is 16.6. The third-order valence-corrected chi connectivity index (χ3v) is 5.75. The summed E-state index contributed by atoms with van der Waals surface area (Å²) >= 11 is 0. The summed E-state index contributed by atoms with van der Waals surface area (Å²) in [5.74, 6) is -1.42. The van der Waals surface area contributed by atoms with Crippen LogP contribution in [0.25, 0.3) is 0 Å². The number of carboxylic acid groups (broad SMARTS) is 1. The molecule has 0 bridgehead atoms. The molecule has 4 heteroatoms. The standard InChI is InChI=1S/C26H43NO3/c1-2-3-4-5-6-7-8-9-10-11-12-16-19-24(22-25(28)29)26(30)27-21-20-23-17-14-13-15-18-23/h13-15,17-18,24H,2-12,16,19-22H2,1H3,(H,27,30)(H,28,29). The van der Waals surface area contributed by atoms with Crippen LogP contribution in [0.5, 0.6) is 0 Å². The average Bonchev–Trinajstić information content (AvgIpc) is 2.74. The van der Waals surface area contributed by atoms with E-state index >= 15 is 0 Å². The van der Waals surface area contributed by atoms with Crippen LogP contribution in [0.4, 0.5) is 0 Å². The Kier molecular flexibility index (Phi) is 15.7. The number of amides is 1. The van der Waals surface area contributed by atoms with Crippen molar-refractivity contribution in [2.75, 3.05) is 6.54 Å². The smallest absolute Gasteiger partial charge is 0.304 e. The second kappa shape index (κ2) is 18.0. The number of hydrogen-bond donors (Lipinski definition) is 2. The molecule has 0 heterocycles. The summed E-state index contributed by atoms with van der Waals surface area (Å²) in [5.41, 5.74) is 1.17. The molecule has 0 radical (unpaired) electrons. The lowest BCUT2D eigenvalue weighted by Gasteiger charge is -2.15.